The van der Waals surface area contributed by atoms with E-state index in [-0.39, 0.29) is 30.1 Å². The number of rotatable bonds is 6. The largest absolute Gasteiger partial charge is 0.492 e. The fourth-order valence-electron chi connectivity index (χ4n) is 3.82. The van der Waals surface area contributed by atoms with E-state index < -0.39 is 6.04 Å². The van der Waals surface area contributed by atoms with Gasteiger partial charge in [-0.05, 0) is 45.4 Å². The van der Waals surface area contributed by atoms with Gasteiger partial charge in [0.25, 0.3) is 5.91 Å². The Morgan fingerprint density at radius 1 is 1.19 bits per heavy atom. The van der Waals surface area contributed by atoms with Crippen molar-refractivity contribution in [3.63, 3.8) is 0 Å². The van der Waals surface area contributed by atoms with Gasteiger partial charge in [-0.2, -0.15) is 0 Å². The molecule has 0 spiro atoms. The van der Waals surface area contributed by atoms with Crippen molar-refractivity contribution in [1.29, 1.82) is 0 Å². The van der Waals surface area contributed by atoms with Crippen molar-refractivity contribution >= 4 is 23.5 Å². The van der Waals surface area contributed by atoms with Crippen LogP contribution in [0.2, 0.25) is 0 Å². The highest BCUT2D eigenvalue weighted by atomic mass is 16.5. The Morgan fingerprint density at radius 3 is 2.70 bits per heavy atom. The second-order valence-electron chi connectivity index (χ2n) is 6.77. The number of carbonyl (C=O) groups excluding carboxylic acids is 3. The van der Waals surface area contributed by atoms with E-state index in [1.54, 1.807) is 25.1 Å². The van der Waals surface area contributed by atoms with E-state index in [9.17, 15) is 14.4 Å². The minimum atomic E-state index is -0.538. The first-order valence-electron chi connectivity index (χ1n) is 9.56. The summed E-state index contributed by atoms with van der Waals surface area (Å²) in [6.45, 7) is 5.58. The van der Waals surface area contributed by atoms with Gasteiger partial charge in [0.15, 0.2) is 0 Å². The topological polar surface area (TPSA) is 76.2 Å². The first-order valence-corrected chi connectivity index (χ1v) is 9.56. The summed E-state index contributed by atoms with van der Waals surface area (Å²) in [4.78, 5) is 41.0. The molecule has 3 rings (SSSR count). The molecule has 2 heterocycles. The fourth-order valence-corrected chi connectivity index (χ4v) is 3.82. The molecule has 0 N–H and O–H groups in total. The summed E-state index contributed by atoms with van der Waals surface area (Å²) in [7, 11) is 0. The zero-order valence-electron chi connectivity index (χ0n) is 15.8. The Kier molecular flexibility index (Phi) is 6.11. The third-order valence-corrected chi connectivity index (χ3v) is 5.04. The van der Waals surface area contributed by atoms with Crippen molar-refractivity contribution in [2.75, 3.05) is 31.2 Å². The van der Waals surface area contributed by atoms with Gasteiger partial charge in [0.1, 0.15) is 5.75 Å². The normalized spacial score (nSPS) is 23.6. The number of esters is 1. The summed E-state index contributed by atoms with van der Waals surface area (Å²) in [6.07, 6.45) is 1.67. The molecule has 27 heavy (non-hydrogen) atoms. The number of amides is 2. The summed E-state index contributed by atoms with van der Waals surface area (Å²) in [5.41, 5.74) is 0.482. The van der Waals surface area contributed by atoms with E-state index in [1.807, 2.05) is 17.9 Å². The lowest BCUT2D eigenvalue weighted by Gasteiger charge is -2.34. The molecule has 0 radical (unpaired) electrons. The van der Waals surface area contributed by atoms with Gasteiger partial charge in [-0.1, -0.05) is 12.1 Å². The molecular formula is C20H26N2O5. The van der Waals surface area contributed by atoms with Crippen LogP contribution in [0.4, 0.5) is 5.69 Å². The Bertz CT molecular complexity index is 720. The van der Waals surface area contributed by atoms with Gasteiger partial charge in [-0.3, -0.25) is 19.3 Å². The standard InChI is InChI=1S/C20H26N2O5/c1-3-26-17-10-6-5-9-15(17)22-18(23)12-16(19(22)24)21-11-7-8-14(13-21)20(25)27-4-2/h5-6,9-10,14,16H,3-4,7-8,11-13H2,1-2H3/t14-,16-/m0/s1. The molecule has 0 aromatic heterocycles. The van der Waals surface area contributed by atoms with E-state index in [1.165, 1.54) is 4.90 Å². The monoisotopic (exact) mass is 374 g/mol. The van der Waals surface area contributed by atoms with Gasteiger partial charge in [0, 0.05) is 6.54 Å². The highest BCUT2D eigenvalue weighted by Crippen LogP contribution is 2.34. The molecule has 0 aliphatic carbocycles. The Morgan fingerprint density at radius 2 is 1.96 bits per heavy atom. The fraction of sp³-hybridized carbons (Fsp3) is 0.550. The lowest BCUT2D eigenvalue weighted by molar-refractivity contribution is -0.150. The van der Waals surface area contributed by atoms with E-state index in [2.05, 4.69) is 0 Å². The van der Waals surface area contributed by atoms with E-state index in [0.29, 0.717) is 37.7 Å². The van der Waals surface area contributed by atoms with Crippen LogP contribution in [0.15, 0.2) is 24.3 Å². The smallest absolute Gasteiger partial charge is 0.310 e. The van der Waals surface area contributed by atoms with Crippen LogP contribution in [-0.4, -0.2) is 55.0 Å². The average Bonchev–Trinajstić information content (AvgIpc) is 2.97. The molecule has 2 aliphatic rings. The number of imide groups is 1. The lowest BCUT2D eigenvalue weighted by atomic mass is 9.96. The van der Waals surface area contributed by atoms with Crippen LogP contribution in [0, 0.1) is 5.92 Å². The van der Waals surface area contributed by atoms with E-state index >= 15 is 0 Å². The number of hydrogen-bond acceptors (Lipinski definition) is 6. The van der Waals surface area contributed by atoms with Crippen LogP contribution < -0.4 is 9.64 Å². The summed E-state index contributed by atoms with van der Waals surface area (Å²) < 4.78 is 10.7. The first-order chi connectivity index (χ1) is 13.1. The number of hydrogen-bond donors (Lipinski definition) is 0. The molecule has 0 unspecified atom stereocenters. The molecule has 2 aliphatic heterocycles. The Hall–Kier alpha value is -2.41. The summed E-state index contributed by atoms with van der Waals surface area (Å²) in [6, 6.07) is 6.53. The maximum absolute atomic E-state index is 13.1. The molecule has 2 amide bonds. The molecule has 1 aromatic rings. The predicted octanol–water partition coefficient (Wildman–Crippen LogP) is 1.99. The minimum Gasteiger partial charge on any atom is -0.492 e. The minimum absolute atomic E-state index is 0.120. The SMILES string of the molecule is CCOC(=O)[C@H]1CCCN([C@H]2CC(=O)N(c3ccccc3OCC)C2=O)C1. The van der Waals surface area contributed by atoms with Crippen LogP contribution in [0.25, 0.3) is 0 Å². The van der Waals surface area contributed by atoms with Crippen LogP contribution in [-0.2, 0) is 19.1 Å². The molecule has 7 nitrogen and oxygen atoms in total. The lowest BCUT2D eigenvalue weighted by Crippen LogP contribution is -2.48. The molecule has 2 saturated heterocycles. The molecule has 146 valence electrons. The van der Waals surface area contributed by atoms with Crippen LogP contribution in [0.5, 0.6) is 5.75 Å². The maximum Gasteiger partial charge on any atom is 0.310 e. The maximum atomic E-state index is 13.1. The molecule has 2 atom stereocenters. The van der Waals surface area contributed by atoms with Gasteiger partial charge >= 0.3 is 5.97 Å². The van der Waals surface area contributed by atoms with Crippen LogP contribution >= 0.6 is 0 Å². The highest BCUT2D eigenvalue weighted by Gasteiger charge is 2.45. The summed E-state index contributed by atoms with van der Waals surface area (Å²) in [5.74, 6) is -0.443. The number of carbonyl (C=O) groups is 3. The Labute approximate surface area is 159 Å². The van der Waals surface area contributed by atoms with E-state index in [0.717, 1.165) is 12.8 Å². The number of ether oxygens (including phenoxy) is 2. The highest BCUT2D eigenvalue weighted by molar-refractivity contribution is 6.23. The Balaban J connectivity index is 1.77. The summed E-state index contributed by atoms with van der Waals surface area (Å²) in [5, 5.41) is 0. The van der Waals surface area contributed by atoms with Gasteiger partial charge in [0.05, 0.1) is 37.3 Å². The van der Waals surface area contributed by atoms with Crippen molar-refractivity contribution in [2.24, 2.45) is 5.92 Å². The number of nitrogens with zero attached hydrogens (tertiary/aromatic N) is 2. The molecule has 2 fully saturated rings. The van der Waals surface area contributed by atoms with Gasteiger partial charge in [-0.15, -0.1) is 0 Å². The first kappa shape index (κ1) is 19.4. The van der Waals surface area contributed by atoms with Crippen molar-refractivity contribution in [3.05, 3.63) is 24.3 Å². The van der Waals surface area contributed by atoms with Gasteiger partial charge in [-0.25, -0.2) is 4.90 Å². The second-order valence-corrected chi connectivity index (χ2v) is 6.77. The number of anilines is 1. The predicted molar refractivity (Wildman–Crippen MR) is 99.4 cm³/mol. The van der Waals surface area contributed by atoms with Gasteiger partial charge < -0.3 is 9.47 Å². The molecule has 0 bridgehead atoms. The van der Waals surface area contributed by atoms with Crippen LogP contribution in [0.1, 0.15) is 33.1 Å². The number of benzene rings is 1. The average molecular weight is 374 g/mol. The third-order valence-electron chi connectivity index (χ3n) is 5.04. The second kappa shape index (κ2) is 8.52. The number of para-hydroxylation sites is 2. The van der Waals surface area contributed by atoms with Crippen LogP contribution in [0.3, 0.4) is 0 Å². The summed E-state index contributed by atoms with van der Waals surface area (Å²) >= 11 is 0. The molecule has 7 heteroatoms. The zero-order valence-corrected chi connectivity index (χ0v) is 15.8. The van der Waals surface area contributed by atoms with Gasteiger partial charge in [0.2, 0.25) is 5.91 Å². The van der Waals surface area contributed by atoms with Crippen molar-refractivity contribution in [2.45, 2.75) is 39.2 Å². The van der Waals surface area contributed by atoms with Crippen molar-refractivity contribution < 1.29 is 23.9 Å². The number of likely N-dealkylation sites (tertiary alicyclic amines) is 1. The van der Waals surface area contributed by atoms with E-state index in [4.69, 9.17) is 9.47 Å². The van der Waals surface area contributed by atoms with Crippen molar-refractivity contribution in [1.82, 2.24) is 4.90 Å². The third kappa shape index (κ3) is 3.98. The number of piperidine rings is 1. The quantitative estimate of drug-likeness (QED) is 0.560. The molecule has 0 saturated carbocycles. The zero-order chi connectivity index (χ0) is 19.4. The van der Waals surface area contributed by atoms with Crippen molar-refractivity contribution in [3.8, 4) is 5.75 Å². The molecule has 1 aromatic carbocycles. The molecular weight excluding hydrogens is 348 g/mol.